The van der Waals surface area contributed by atoms with Crippen LogP contribution in [0.15, 0.2) is 36.9 Å². The summed E-state index contributed by atoms with van der Waals surface area (Å²) >= 11 is 0. The highest BCUT2D eigenvalue weighted by atomic mass is 31.1. The van der Waals surface area contributed by atoms with E-state index < -0.39 is 0 Å². The SMILES string of the molecule is C=CCc1ccc(P=O)cc1. The Morgan fingerprint density at radius 2 is 2.00 bits per heavy atom. The monoisotopic (exact) mass is 164 g/mol. The zero-order valence-electron chi connectivity index (χ0n) is 6.16. The van der Waals surface area contributed by atoms with Crippen LogP contribution in [0.5, 0.6) is 0 Å². The minimum Gasteiger partial charge on any atom is -0.269 e. The van der Waals surface area contributed by atoms with E-state index in [0.29, 0.717) is 0 Å². The van der Waals surface area contributed by atoms with Gasteiger partial charge >= 0.3 is 0 Å². The lowest BCUT2D eigenvalue weighted by molar-refractivity contribution is 0.603. The van der Waals surface area contributed by atoms with Crippen molar-refractivity contribution in [1.82, 2.24) is 0 Å². The fourth-order valence-electron chi connectivity index (χ4n) is 0.860. The maximum Gasteiger partial charge on any atom is 0.192 e. The smallest absolute Gasteiger partial charge is 0.192 e. The summed E-state index contributed by atoms with van der Waals surface area (Å²) < 4.78 is 10.4. The fraction of sp³-hybridized carbons (Fsp3) is 0.111. The molecule has 0 heterocycles. The molecule has 0 unspecified atom stereocenters. The number of benzene rings is 1. The molecular weight excluding hydrogens is 155 g/mol. The van der Waals surface area contributed by atoms with Crippen LogP contribution in [0.2, 0.25) is 0 Å². The number of hydrogen-bond donors (Lipinski definition) is 0. The lowest BCUT2D eigenvalue weighted by Crippen LogP contribution is -1.90. The van der Waals surface area contributed by atoms with Gasteiger partial charge in [0.2, 0.25) is 0 Å². The molecule has 0 bridgehead atoms. The molecule has 56 valence electrons. The van der Waals surface area contributed by atoms with Crippen molar-refractivity contribution < 1.29 is 4.57 Å². The van der Waals surface area contributed by atoms with Gasteiger partial charge in [-0.3, -0.25) is 4.57 Å². The first-order valence-corrected chi connectivity index (χ1v) is 4.21. The average molecular weight is 164 g/mol. The third-order valence-corrected chi connectivity index (χ3v) is 1.93. The second-order valence-electron chi connectivity index (χ2n) is 2.25. The lowest BCUT2D eigenvalue weighted by atomic mass is 10.2. The van der Waals surface area contributed by atoms with Crippen molar-refractivity contribution in [3.8, 4) is 0 Å². The average Bonchev–Trinajstić information content (AvgIpc) is 2.07. The largest absolute Gasteiger partial charge is 0.269 e. The Balaban J connectivity index is 2.81. The molecular formula is C9H9OP. The summed E-state index contributed by atoms with van der Waals surface area (Å²) in [5.74, 6) is 0. The molecule has 0 saturated heterocycles. The Hall–Kier alpha value is -0.940. The molecule has 0 saturated carbocycles. The van der Waals surface area contributed by atoms with Gasteiger partial charge in [-0.15, -0.1) is 6.58 Å². The van der Waals surface area contributed by atoms with Gasteiger partial charge < -0.3 is 0 Å². The van der Waals surface area contributed by atoms with Gasteiger partial charge in [-0.05, 0) is 24.1 Å². The van der Waals surface area contributed by atoms with Gasteiger partial charge in [-0.1, -0.05) is 18.2 Å². The molecule has 0 aromatic heterocycles. The first-order valence-electron chi connectivity index (χ1n) is 3.40. The Morgan fingerprint density at radius 1 is 1.36 bits per heavy atom. The minimum absolute atomic E-state index is 0.0862. The summed E-state index contributed by atoms with van der Waals surface area (Å²) in [6, 6.07) is 7.63. The predicted molar refractivity (Wildman–Crippen MR) is 47.6 cm³/mol. The second-order valence-corrected chi connectivity index (χ2v) is 2.95. The fourth-order valence-corrected chi connectivity index (χ4v) is 1.13. The molecule has 1 aromatic carbocycles. The molecule has 1 aromatic rings. The molecule has 0 aliphatic carbocycles. The summed E-state index contributed by atoms with van der Waals surface area (Å²) in [5, 5.41) is 0.817. The quantitative estimate of drug-likeness (QED) is 0.495. The normalized spacial score (nSPS) is 9.82. The summed E-state index contributed by atoms with van der Waals surface area (Å²) in [4.78, 5) is 0. The van der Waals surface area contributed by atoms with Gasteiger partial charge in [0.25, 0.3) is 0 Å². The van der Waals surface area contributed by atoms with Crippen LogP contribution in [0.25, 0.3) is 0 Å². The highest BCUT2D eigenvalue weighted by molar-refractivity contribution is 7.34. The van der Waals surface area contributed by atoms with Crippen molar-refractivity contribution in [2.24, 2.45) is 0 Å². The topological polar surface area (TPSA) is 17.1 Å². The van der Waals surface area contributed by atoms with Gasteiger partial charge in [0.1, 0.15) is 0 Å². The molecule has 2 heteroatoms. The molecule has 0 aliphatic heterocycles. The van der Waals surface area contributed by atoms with E-state index in [1.807, 2.05) is 30.3 Å². The maximum atomic E-state index is 10.4. The zero-order valence-corrected chi connectivity index (χ0v) is 7.05. The van der Waals surface area contributed by atoms with Crippen LogP contribution in [0.3, 0.4) is 0 Å². The lowest BCUT2D eigenvalue weighted by Gasteiger charge is -1.94. The van der Waals surface area contributed by atoms with Crippen molar-refractivity contribution in [2.45, 2.75) is 6.42 Å². The second kappa shape index (κ2) is 4.05. The molecule has 0 aliphatic rings. The van der Waals surface area contributed by atoms with E-state index in [9.17, 15) is 4.57 Å². The van der Waals surface area contributed by atoms with E-state index in [1.54, 1.807) is 0 Å². The molecule has 0 radical (unpaired) electrons. The van der Waals surface area contributed by atoms with Gasteiger partial charge in [-0.2, -0.15) is 0 Å². The molecule has 1 rings (SSSR count). The van der Waals surface area contributed by atoms with Crippen LogP contribution >= 0.6 is 8.46 Å². The number of allylic oxidation sites excluding steroid dienone is 1. The highest BCUT2D eigenvalue weighted by Crippen LogP contribution is 2.01. The van der Waals surface area contributed by atoms with Gasteiger partial charge in [0, 0.05) is 5.30 Å². The van der Waals surface area contributed by atoms with Crippen LogP contribution in [0.1, 0.15) is 5.56 Å². The highest BCUT2D eigenvalue weighted by Gasteiger charge is 1.90. The molecule has 1 nitrogen and oxygen atoms in total. The first kappa shape index (κ1) is 8.16. The Bertz CT molecular complexity index is 251. The molecule has 0 amide bonds. The summed E-state index contributed by atoms with van der Waals surface area (Å²) in [7, 11) is 0.0862. The number of hydrogen-bond acceptors (Lipinski definition) is 1. The minimum atomic E-state index is 0.0862. The Labute approximate surface area is 68.0 Å². The third kappa shape index (κ3) is 2.28. The van der Waals surface area contributed by atoms with E-state index in [4.69, 9.17) is 0 Å². The summed E-state index contributed by atoms with van der Waals surface area (Å²) in [5.41, 5.74) is 1.20. The van der Waals surface area contributed by atoms with Crippen molar-refractivity contribution >= 4 is 13.8 Å². The summed E-state index contributed by atoms with van der Waals surface area (Å²) in [6.07, 6.45) is 2.72. The van der Waals surface area contributed by atoms with E-state index in [1.165, 1.54) is 5.56 Å². The van der Waals surface area contributed by atoms with E-state index in [0.717, 1.165) is 11.7 Å². The Morgan fingerprint density at radius 3 is 2.45 bits per heavy atom. The molecule has 0 spiro atoms. The molecule has 0 N–H and O–H groups in total. The first-order chi connectivity index (χ1) is 5.36. The van der Waals surface area contributed by atoms with Crippen LogP contribution in [0.4, 0.5) is 0 Å². The molecule has 0 fully saturated rings. The molecule has 11 heavy (non-hydrogen) atoms. The van der Waals surface area contributed by atoms with Crippen LogP contribution in [-0.4, -0.2) is 0 Å². The van der Waals surface area contributed by atoms with Crippen LogP contribution in [-0.2, 0) is 11.0 Å². The van der Waals surface area contributed by atoms with Gasteiger partial charge in [-0.25, -0.2) is 0 Å². The van der Waals surface area contributed by atoms with Crippen molar-refractivity contribution in [3.63, 3.8) is 0 Å². The van der Waals surface area contributed by atoms with E-state index >= 15 is 0 Å². The predicted octanol–water partition coefficient (Wildman–Crippen LogP) is 2.33. The standard InChI is InChI=1S/C9H9OP/c1-2-3-8-4-6-9(11-10)7-5-8/h2,4-7H,1,3H2. The van der Waals surface area contributed by atoms with Crippen LogP contribution in [0, 0.1) is 0 Å². The van der Waals surface area contributed by atoms with Gasteiger partial charge in [0.15, 0.2) is 8.46 Å². The van der Waals surface area contributed by atoms with Crippen LogP contribution < -0.4 is 5.30 Å². The van der Waals surface area contributed by atoms with Crippen molar-refractivity contribution in [2.75, 3.05) is 0 Å². The maximum absolute atomic E-state index is 10.4. The number of rotatable bonds is 3. The molecule has 0 atom stereocenters. The van der Waals surface area contributed by atoms with Gasteiger partial charge in [0.05, 0.1) is 0 Å². The third-order valence-electron chi connectivity index (χ3n) is 1.42. The zero-order chi connectivity index (χ0) is 8.10. The van der Waals surface area contributed by atoms with Crippen molar-refractivity contribution in [1.29, 1.82) is 0 Å². The van der Waals surface area contributed by atoms with E-state index in [2.05, 4.69) is 6.58 Å². The summed E-state index contributed by atoms with van der Waals surface area (Å²) in [6.45, 7) is 3.64. The van der Waals surface area contributed by atoms with Crippen molar-refractivity contribution in [3.05, 3.63) is 42.5 Å². The van der Waals surface area contributed by atoms with E-state index in [-0.39, 0.29) is 8.46 Å². The Kier molecular flexibility index (Phi) is 3.00.